The van der Waals surface area contributed by atoms with Gasteiger partial charge in [-0.3, -0.25) is 14.4 Å². The lowest BCUT2D eigenvalue weighted by Gasteiger charge is -2.30. The molecule has 1 fully saturated rings. The highest BCUT2D eigenvalue weighted by Crippen LogP contribution is 2.14. The normalized spacial score (nSPS) is 17.9. The number of aryl methyl sites for hydroxylation is 1. The fraction of sp³-hybridized carbons (Fsp3) is 0.538. The molecule has 1 atom stereocenters. The molecular weight excluding hydrogens is 244 g/mol. The molecule has 0 radical (unpaired) electrons. The van der Waals surface area contributed by atoms with Gasteiger partial charge in [0.15, 0.2) is 0 Å². The Morgan fingerprint density at radius 3 is 2.95 bits per heavy atom. The predicted molar refractivity (Wildman–Crippen MR) is 71.5 cm³/mol. The van der Waals surface area contributed by atoms with E-state index >= 15 is 0 Å². The summed E-state index contributed by atoms with van der Waals surface area (Å²) >= 11 is 0. The van der Waals surface area contributed by atoms with Gasteiger partial charge < -0.3 is 10.1 Å². The number of carbonyl (C=O) groups excluding carboxylic acids is 1. The third-order valence-electron chi connectivity index (χ3n) is 3.17. The summed E-state index contributed by atoms with van der Waals surface area (Å²) in [6.07, 6.45) is 5.01. The average molecular weight is 264 g/mol. The monoisotopic (exact) mass is 264 g/mol. The maximum atomic E-state index is 11.5. The molecule has 1 aromatic heterocycles. The Morgan fingerprint density at radius 1 is 1.63 bits per heavy atom. The van der Waals surface area contributed by atoms with Crippen LogP contribution in [0.5, 0.6) is 0 Å². The lowest BCUT2D eigenvalue weighted by atomic mass is 10.1. The van der Waals surface area contributed by atoms with Crippen molar-refractivity contribution in [3.05, 3.63) is 30.6 Å². The number of aromatic nitrogens is 2. The molecule has 1 aromatic rings. The van der Waals surface area contributed by atoms with Gasteiger partial charge in [0.05, 0.1) is 25.5 Å². The molecule has 19 heavy (non-hydrogen) atoms. The van der Waals surface area contributed by atoms with E-state index in [0.717, 1.165) is 38.4 Å². The number of nitrogens with one attached hydrogen (secondary N) is 1. The van der Waals surface area contributed by atoms with Gasteiger partial charge in [-0.05, 0) is 6.08 Å². The van der Waals surface area contributed by atoms with E-state index < -0.39 is 0 Å². The lowest BCUT2D eigenvalue weighted by molar-refractivity contribution is -0.117. The maximum Gasteiger partial charge on any atom is 0.243 e. The van der Waals surface area contributed by atoms with E-state index in [1.54, 1.807) is 10.9 Å². The smallest absolute Gasteiger partial charge is 0.243 e. The Bertz CT molecular complexity index is 438. The largest absolute Gasteiger partial charge is 0.379 e. The summed E-state index contributed by atoms with van der Waals surface area (Å²) in [4.78, 5) is 13.8. The Morgan fingerprint density at radius 2 is 2.37 bits per heavy atom. The van der Waals surface area contributed by atoms with E-state index in [1.807, 2.05) is 13.2 Å². The second-order valence-electron chi connectivity index (χ2n) is 4.63. The van der Waals surface area contributed by atoms with Crippen molar-refractivity contribution in [2.75, 3.05) is 32.8 Å². The molecular formula is C13H20N4O2. The van der Waals surface area contributed by atoms with Crippen molar-refractivity contribution in [3.63, 3.8) is 0 Å². The van der Waals surface area contributed by atoms with Gasteiger partial charge in [0, 0.05) is 38.4 Å². The van der Waals surface area contributed by atoms with Gasteiger partial charge in [0.2, 0.25) is 5.91 Å². The molecule has 1 aliphatic heterocycles. The summed E-state index contributed by atoms with van der Waals surface area (Å²) in [5.74, 6) is -0.165. The number of amides is 1. The molecule has 0 aliphatic carbocycles. The summed E-state index contributed by atoms with van der Waals surface area (Å²) < 4.78 is 7.07. The molecule has 6 heteroatoms. The van der Waals surface area contributed by atoms with Gasteiger partial charge >= 0.3 is 0 Å². The summed E-state index contributed by atoms with van der Waals surface area (Å²) in [6, 6.07) is -0.0719. The molecule has 1 unspecified atom stereocenters. The summed E-state index contributed by atoms with van der Waals surface area (Å²) in [5, 5.41) is 7.11. The van der Waals surface area contributed by atoms with E-state index in [-0.39, 0.29) is 11.9 Å². The van der Waals surface area contributed by atoms with Crippen LogP contribution in [0.1, 0.15) is 11.6 Å². The van der Waals surface area contributed by atoms with Crippen LogP contribution < -0.4 is 5.32 Å². The van der Waals surface area contributed by atoms with Crippen molar-refractivity contribution >= 4 is 5.91 Å². The van der Waals surface area contributed by atoms with Crippen molar-refractivity contribution in [2.24, 2.45) is 7.05 Å². The highest BCUT2D eigenvalue weighted by molar-refractivity contribution is 5.87. The van der Waals surface area contributed by atoms with Crippen LogP contribution in [0.15, 0.2) is 25.0 Å². The van der Waals surface area contributed by atoms with Crippen LogP contribution >= 0.6 is 0 Å². The molecule has 6 nitrogen and oxygen atoms in total. The molecule has 0 saturated carbocycles. The number of rotatable bonds is 5. The lowest BCUT2D eigenvalue weighted by Crippen LogP contribution is -2.42. The van der Waals surface area contributed by atoms with Gasteiger partial charge in [-0.1, -0.05) is 6.58 Å². The van der Waals surface area contributed by atoms with Gasteiger partial charge in [0.1, 0.15) is 0 Å². The molecule has 2 rings (SSSR count). The minimum absolute atomic E-state index is 0.0719. The van der Waals surface area contributed by atoms with E-state index in [0.29, 0.717) is 0 Å². The molecule has 0 spiro atoms. The van der Waals surface area contributed by atoms with Crippen molar-refractivity contribution < 1.29 is 9.53 Å². The van der Waals surface area contributed by atoms with Crippen LogP contribution in [0, 0.1) is 0 Å². The topological polar surface area (TPSA) is 59.4 Å². The zero-order valence-electron chi connectivity index (χ0n) is 11.2. The van der Waals surface area contributed by atoms with E-state index in [9.17, 15) is 4.79 Å². The fourth-order valence-electron chi connectivity index (χ4n) is 2.13. The van der Waals surface area contributed by atoms with Gasteiger partial charge in [0.25, 0.3) is 0 Å². The number of hydrogen-bond acceptors (Lipinski definition) is 4. The van der Waals surface area contributed by atoms with E-state index in [2.05, 4.69) is 21.9 Å². The van der Waals surface area contributed by atoms with Gasteiger partial charge in [-0.15, -0.1) is 0 Å². The first-order valence-corrected chi connectivity index (χ1v) is 6.40. The Balaban J connectivity index is 2.04. The molecule has 1 N–H and O–H groups in total. The first-order chi connectivity index (χ1) is 9.19. The second kappa shape index (κ2) is 6.49. The van der Waals surface area contributed by atoms with E-state index in [4.69, 9.17) is 4.74 Å². The number of ether oxygens (including phenoxy) is 1. The molecule has 1 aliphatic rings. The Labute approximate surface area is 113 Å². The quantitative estimate of drug-likeness (QED) is 0.766. The Hall–Kier alpha value is -1.66. The minimum Gasteiger partial charge on any atom is -0.379 e. The van der Waals surface area contributed by atoms with Crippen molar-refractivity contribution in [1.82, 2.24) is 20.0 Å². The molecule has 0 bridgehead atoms. The summed E-state index contributed by atoms with van der Waals surface area (Å²) in [6.45, 7) is 7.52. The van der Waals surface area contributed by atoms with Crippen molar-refractivity contribution in [2.45, 2.75) is 6.04 Å². The number of nitrogens with zero attached hydrogens (tertiary/aromatic N) is 3. The fourth-order valence-corrected chi connectivity index (χ4v) is 2.13. The average Bonchev–Trinajstić information content (AvgIpc) is 2.85. The number of hydrogen-bond donors (Lipinski definition) is 1. The third kappa shape index (κ3) is 3.90. The van der Waals surface area contributed by atoms with Crippen LogP contribution in [0.25, 0.3) is 0 Å². The molecule has 1 amide bonds. The molecule has 104 valence electrons. The highest BCUT2D eigenvalue weighted by Gasteiger charge is 2.20. The predicted octanol–water partition coefficient (Wildman–Crippen LogP) is 0.0956. The third-order valence-corrected chi connectivity index (χ3v) is 3.17. The summed E-state index contributed by atoms with van der Waals surface area (Å²) in [7, 11) is 1.87. The Kier molecular flexibility index (Phi) is 4.70. The SMILES string of the molecule is C=CC(=O)NC(CN1CCOCC1)c1cnn(C)c1. The second-order valence-corrected chi connectivity index (χ2v) is 4.63. The highest BCUT2D eigenvalue weighted by atomic mass is 16.5. The first-order valence-electron chi connectivity index (χ1n) is 6.40. The van der Waals surface area contributed by atoms with Crippen LogP contribution in [0.3, 0.4) is 0 Å². The minimum atomic E-state index is -0.165. The zero-order chi connectivity index (χ0) is 13.7. The zero-order valence-corrected chi connectivity index (χ0v) is 11.2. The van der Waals surface area contributed by atoms with Gasteiger partial charge in [-0.25, -0.2) is 0 Å². The van der Waals surface area contributed by atoms with E-state index in [1.165, 1.54) is 6.08 Å². The number of carbonyl (C=O) groups is 1. The van der Waals surface area contributed by atoms with Crippen LogP contribution in [0.4, 0.5) is 0 Å². The van der Waals surface area contributed by atoms with Crippen molar-refractivity contribution in [1.29, 1.82) is 0 Å². The molecule has 2 heterocycles. The first kappa shape index (κ1) is 13.8. The maximum absolute atomic E-state index is 11.5. The molecule has 1 saturated heterocycles. The summed E-state index contributed by atoms with van der Waals surface area (Å²) in [5.41, 5.74) is 1.00. The van der Waals surface area contributed by atoms with Gasteiger partial charge in [-0.2, -0.15) is 5.10 Å². The van der Waals surface area contributed by atoms with Crippen LogP contribution in [-0.4, -0.2) is 53.4 Å². The molecule has 0 aromatic carbocycles. The number of morpholine rings is 1. The standard InChI is InChI=1S/C13H20N4O2/c1-3-13(18)15-12(11-8-14-16(2)9-11)10-17-4-6-19-7-5-17/h3,8-9,12H,1,4-7,10H2,2H3,(H,15,18). The van der Waals surface area contributed by atoms with Crippen LogP contribution in [-0.2, 0) is 16.6 Å². The van der Waals surface area contributed by atoms with Crippen LogP contribution in [0.2, 0.25) is 0 Å². The van der Waals surface area contributed by atoms with Crippen molar-refractivity contribution in [3.8, 4) is 0 Å².